The van der Waals surface area contributed by atoms with Gasteiger partial charge >= 0.3 is 0 Å². The molecule has 110 valence electrons. The summed E-state index contributed by atoms with van der Waals surface area (Å²) in [6.07, 6.45) is 4.74. The first-order chi connectivity index (χ1) is 10.3. The number of nitrogens with one attached hydrogen (secondary N) is 2. The second kappa shape index (κ2) is 6.49. The quantitative estimate of drug-likeness (QED) is 0.862. The molecule has 1 aliphatic rings. The Labute approximate surface area is 124 Å². The van der Waals surface area contributed by atoms with Gasteiger partial charge in [-0.05, 0) is 31.7 Å². The summed E-state index contributed by atoms with van der Waals surface area (Å²) in [5.74, 6) is 1.62. The minimum atomic E-state index is 0.546. The van der Waals surface area contributed by atoms with Crippen molar-refractivity contribution in [2.45, 2.75) is 19.0 Å². The Morgan fingerprint density at radius 1 is 1.24 bits per heavy atom. The Morgan fingerprint density at radius 2 is 2.19 bits per heavy atom. The molecule has 0 saturated carbocycles. The van der Waals surface area contributed by atoms with Gasteiger partial charge in [0.1, 0.15) is 5.82 Å². The predicted molar refractivity (Wildman–Crippen MR) is 83.3 cm³/mol. The van der Waals surface area contributed by atoms with Crippen molar-refractivity contribution in [3.05, 3.63) is 42.4 Å². The van der Waals surface area contributed by atoms with Gasteiger partial charge in [-0.25, -0.2) is 4.98 Å². The Bertz CT molecular complexity index is 573. The molecule has 1 fully saturated rings. The van der Waals surface area contributed by atoms with Crippen LogP contribution in [0.4, 0.5) is 11.8 Å². The third-order valence-corrected chi connectivity index (χ3v) is 3.72. The standard InChI is InChI=1S/C15H20N6/c1-16-13-6-9-21(11-13)14-5-8-18-15(20-14)19-10-12-4-2-3-7-17-12/h2-5,7-8,13,16H,6,9-11H2,1H3,(H,18,19,20). The molecule has 0 bridgehead atoms. The Balaban J connectivity index is 1.63. The van der Waals surface area contributed by atoms with Crippen molar-refractivity contribution in [3.8, 4) is 0 Å². The fourth-order valence-electron chi connectivity index (χ4n) is 2.49. The van der Waals surface area contributed by atoms with Gasteiger partial charge in [0.2, 0.25) is 5.95 Å². The molecule has 2 aromatic heterocycles. The number of anilines is 2. The maximum atomic E-state index is 4.59. The molecule has 6 heteroatoms. The van der Waals surface area contributed by atoms with Crippen LogP contribution in [-0.4, -0.2) is 41.1 Å². The van der Waals surface area contributed by atoms with Gasteiger partial charge in [0, 0.05) is 31.5 Å². The molecule has 6 nitrogen and oxygen atoms in total. The molecular formula is C15H20N6. The van der Waals surface area contributed by atoms with E-state index >= 15 is 0 Å². The molecule has 2 N–H and O–H groups in total. The highest BCUT2D eigenvalue weighted by atomic mass is 15.3. The fourth-order valence-corrected chi connectivity index (χ4v) is 2.49. The van der Waals surface area contributed by atoms with Crippen molar-refractivity contribution in [2.75, 3.05) is 30.4 Å². The van der Waals surface area contributed by atoms with Crippen LogP contribution in [0.25, 0.3) is 0 Å². The van der Waals surface area contributed by atoms with E-state index in [1.165, 1.54) is 0 Å². The number of hydrogen-bond acceptors (Lipinski definition) is 6. The summed E-state index contributed by atoms with van der Waals surface area (Å²) in [7, 11) is 2.01. The average Bonchev–Trinajstić information content (AvgIpc) is 3.03. The highest BCUT2D eigenvalue weighted by Gasteiger charge is 2.22. The number of nitrogens with zero attached hydrogens (tertiary/aromatic N) is 4. The molecule has 3 heterocycles. The van der Waals surface area contributed by atoms with Crippen LogP contribution in [0, 0.1) is 0 Å². The van der Waals surface area contributed by atoms with Crippen molar-refractivity contribution >= 4 is 11.8 Å². The van der Waals surface area contributed by atoms with Crippen LogP contribution in [0.3, 0.4) is 0 Å². The van der Waals surface area contributed by atoms with Crippen molar-refractivity contribution in [2.24, 2.45) is 0 Å². The van der Waals surface area contributed by atoms with E-state index in [0.29, 0.717) is 18.5 Å². The van der Waals surface area contributed by atoms with Crippen LogP contribution >= 0.6 is 0 Å². The van der Waals surface area contributed by atoms with Crippen LogP contribution in [0.5, 0.6) is 0 Å². The molecule has 21 heavy (non-hydrogen) atoms. The number of likely N-dealkylation sites (N-methyl/N-ethyl adjacent to an activating group) is 1. The largest absolute Gasteiger partial charge is 0.355 e. The molecule has 3 rings (SSSR count). The van der Waals surface area contributed by atoms with Crippen LogP contribution in [-0.2, 0) is 6.54 Å². The van der Waals surface area contributed by atoms with Gasteiger partial charge < -0.3 is 15.5 Å². The van der Waals surface area contributed by atoms with E-state index in [2.05, 4.69) is 30.5 Å². The Hall–Kier alpha value is -2.21. The fraction of sp³-hybridized carbons (Fsp3) is 0.400. The maximum absolute atomic E-state index is 4.59. The lowest BCUT2D eigenvalue weighted by atomic mass is 10.3. The highest BCUT2D eigenvalue weighted by molar-refractivity contribution is 5.43. The summed E-state index contributed by atoms with van der Waals surface area (Å²) in [4.78, 5) is 15.4. The lowest BCUT2D eigenvalue weighted by molar-refractivity contribution is 0.616. The SMILES string of the molecule is CNC1CCN(c2ccnc(NCc3ccccn3)n2)C1. The average molecular weight is 284 g/mol. The van der Waals surface area contributed by atoms with Gasteiger partial charge in [0.05, 0.1) is 12.2 Å². The number of pyridine rings is 1. The maximum Gasteiger partial charge on any atom is 0.224 e. The molecule has 0 amide bonds. The molecule has 1 saturated heterocycles. The summed E-state index contributed by atoms with van der Waals surface area (Å²) in [5.41, 5.74) is 0.975. The summed E-state index contributed by atoms with van der Waals surface area (Å²) >= 11 is 0. The van der Waals surface area contributed by atoms with Gasteiger partial charge in [-0.2, -0.15) is 4.98 Å². The first-order valence-electron chi connectivity index (χ1n) is 7.24. The highest BCUT2D eigenvalue weighted by Crippen LogP contribution is 2.18. The molecule has 1 unspecified atom stereocenters. The van der Waals surface area contributed by atoms with Crippen molar-refractivity contribution in [1.29, 1.82) is 0 Å². The monoisotopic (exact) mass is 284 g/mol. The Morgan fingerprint density at radius 3 is 2.95 bits per heavy atom. The van der Waals surface area contributed by atoms with Crippen LogP contribution in [0.2, 0.25) is 0 Å². The predicted octanol–water partition coefficient (Wildman–Crippen LogP) is 1.28. The van der Waals surface area contributed by atoms with Crippen LogP contribution in [0.1, 0.15) is 12.1 Å². The molecule has 0 radical (unpaired) electrons. The van der Waals surface area contributed by atoms with E-state index in [1.807, 2.05) is 31.3 Å². The lowest BCUT2D eigenvalue weighted by Gasteiger charge is -2.17. The first kappa shape index (κ1) is 13.8. The third-order valence-electron chi connectivity index (χ3n) is 3.72. The molecule has 1 aliphatic heterocycles. The Kier molecular flexibility index (Phi) is 4.25. The number of rotatable bonds is 5. The summed E-state index contributed by atoms with van der Waals surface area (Å²) in [5, 5.41) is 6.54. The van der Waals surface area contributed by atoms with E-state index in [1.54, 1.807) is 12.4 Å². The smallest absolute Gasteiger partial charge is 0.224 e. The zero-order valence-corrected chi connectivity index (χ0v) is 12.2. The van der Waals surface area contributed by atoms with Gasteiger partial charge in [-0.15, -0.1) is 0 Å². The molecule has 0 spiro atoms. The van der Waals surface area contributed by atoms with Crippen LogP contribution in [0.15, 0.2) is 36.7 Å². The first-order valence-corrected chi connectivity index (χ1v) is 7.24. The van der Waals surface area contributed by atoms with Crippen molar-refractivity contribution in [1.82, 2.24) is 20.3 Å². The molecule has 2 aromatic rings. The topological polar surface area (TPSA) is 66.0 Å². The van der Waals surface area contributed by atoms with E-state index in [-0.39, 0.29) is 0 Å². The lowest BCUT2D eigenvalue weighted by Crippen LogP contribution is -2.29. The van der Waals surface area contributed by atoms with Gasteiger partial charge in [0.15, 0.2) is 0 Å². The third kappa shape index (κ3) is 3.46. The summed E-state index contributed by atoms with van der Waals surface area (Å²) in [6.45, 7) is 2.65. The van der Waals surface area contributed by atoms with Gasteiger partial charge in [-0.1, -0.05) is 6.07 Å². The van der Waals surface area contributed by atoms with Crippen LogP contribution < -0.4 is 15.5 Å². The molecule has 0 aromatic carbocycles. The molecule has 1 atom stereocenters. The molecular weight excluding hydrogens is 264 g/mol. The zero-order valence-electron chi connectivity index (χ0n) is 12.2. The second-order valence-corrected chi connectivity index (χ2v) is 5.13. The van der Waals surface area contributed by atoms with E-state index < -0.39 is 0 Å². The minimum Gasteiger partial charge on any atom is -0.355 e. The van der Waals surface area contributed by atoms with Gasteiger partial charge in [-0.3, -0.25) is 4.98 Å². The minimum absolute atomic E-state index is 0.546. The van der Waals surface area contributed by atoms with E-state index in [4.69, 9.17) is 0 Å². The van der Waals surface area contributed by atoms with E-state index in [9.17, 15) is 0 Å². The van der Waals surface area contributed by atoms with Gasteiger partial charge in [0.25, 0.3) is 0 Å². The number of hydrogen-bond donors (Lipinski definition) is 2. The van der Waals surface area contributed by atoms with Crippen molar-refractivity contribution in [3.63, 3.8) is 0 Å². The zero-order chi connectivity index (χ0) is 14.5. The second-order valence-electron chi connectivity index (χ2n) is 5.13. The summed E-state index contributed by atoms with van der Waals surface area (Å²) < 4.78 is 0. The number of aromatic nitrogens is 3. The van der Waals surface area contributed by atoms with Crippen molar-refractivity contribution < 1.29 is 0 Å². The van der Waals surface area contributed by atoms with E-state index in [0.717, 1.165) is 31.0 Å². The normalized spacial score (nSPS) is 18.0. The summed E-state index contributed by atoms with van der Waals surface area (Å²) in [6, 6.07) is 8.37. The molecule has 0 aliphatic carbocycles.